The normalized spacial score (nSPS) is 12.4. The van der Waals surface area contributed by atoms with Crippen molar-refractivity contribution in [3.05, 3.63) is 0 Å². The molecule has 0 amide bonds. The molecule has 0 N–H and O–H groups in total. The van der Waals surface area contributed by atoms with Crippen LogP contribution in [-0.2, 0) is 0 Å². The summed E-state index contributed by atoms with van der Waals surface area (Å²) in [7, 11) is 0. The zero-order chi connectivity index (χ0) is 29.6. The van der Waals surface area contributed by atoms with Crippen molar-refractivity contribution < 1.29 is 8.97 Å². The van der Waals surface area contributed by atoms with Gasteiger partial charge in [-0.2, -0.15) is 0 Å². The van der Waals surface area contributed by atoms with E-state index in [2.05, 4.69) is 41.5 Å². The Labute approximate surface area is 256 Å². The van der Waals surface area contributed by atoms with Crippen LogP contribution in [-0.4, -0.2) is 61.3 Å². The molecule has 0 aliphatic carbocycles. The van der Waals surface area contributed by atoms with Crippen LogP contribution in [0.1, 0.15) is 196 Å². The SMILES string of the molecule is CCC[N+](CCC)(CCC)CCCCCCCCCCCCCCCCCCCC[N+](CCC)(CCC)CCC. The minimum absolute atomic E-state index is 1.35. The Balaban J connectivity index is 3.54. The monoisotopic (exact) mass is 567 g/mol. The highest BCUT2D eigenvalue weighted by molar-refractivity contribution is 4.53. The van der Waals surface area contributed by atoms with Crippen LogP contribution in [0.4, 0.5) is 0 Å². The van der Waals surface area contributed by atoms with Gasteiger partial charge in [-0.3, -0.25) is 0 Å². The Hall–Kier alpha value is -0.0800. The summed E-state index contributed by atoms with van der Waals surface area (Å²) in [5.41, 5.74) is 0. The van der Waals surface area contributed by atoms with Crippen LogP contribution in [0.15, 0.2) is 0 Å². The van der Waals surface area contributed by atoms with Gasteiger partial charge in [0.1, 0.15) is 0 Å². The second kappa shape index (κ2) is 29.0. The fourth-order valence-corrected chi connectivity index (χ4v) is 7.91. The second-order valence-electron chi connectivity index (χ2n) is 13.8. The quantitative estimate of drug-likeness (QED) is 0.0547. The predicted molar refractivity (Wildman–Crippen MR) is 184 cm³/mol. The standard InChI is InChI=1S/C38H82N2/c1-7-31-39(32-8-2,33-9-3)37-29-27-25-23-21-19-17-15-13-14-16-18-20-22-24-26-28-30-38-40(34-10-4,35-11-5)36-12-6/h7-38H2,1-6H3/q+2. The maximum atomic E-state index is 2.37. The molecule has 0 saturated carbocycles. The summed E-state index contributed by atoms with van der Waals surface area (Å²) < 4.78 is 2.81. The van der Waals surface area contributed by atoms with Crippen LogP contribution in [0.5, 0.6) is 0 Å². The Morgan fingerprint density at radius 3 is 0.500 bits per heavy atom. The van der Waals surface area contributed by atoms with E-state index >= 15 is 0 Å². The van der Waals surface area contributed by atoms with Gasteiger partial charge >= 0.3 is 0 Å². The molecule has 0 atom stereocenters. The lowest BCUT2D eigenvalue weighted by molar-refractivity contribution is -0.928. The zero-order valence-electron chi connectivity index (χ0n) is 29.5. The van der Waals surface area contributed by atoms with E-state index in [4.69, 9.17) is 0 Å². The molecule has 0 spiro atoms. The number of quaternary nitrogens is 2. The number of hydrogen-bond donors (Lipinski definition) is 0. The molecule has 0 rings (SSSR count). The van der Waals surface area contributed by atoms with Crippen molar-refractivity contribution in [2.45, 2.75) is 196 Å². The van der Waals surface area contributed by atoms with Crippen LogP contribution in [0.25, 0.3) is 0 Å². The van der Waals surface area contributed by atoms with Crippen LogP contribution >= 0.6 is 0 Å². The van der Waals surface area contributed by atoms with Gasteiger partial charge in [-0.05, 0) is 64.2 Å². The van der Waals surface area contributed by atoms with Crippen LogP contribution in [0.3, 0.4) is 0 Å². The number of hydrogen-bond acceptors (Lipinski definition) is 0. The summed E-state index contributed by atoms with van der Waals surface area (Å²) in [5, 5.41) is 0. The van der Waals surface area contributed by atoms with E-state index in [1.807, 2.05) is 0 Å². The fourth-order valence-electron chi connectivity index (χ4n) is 7.91. The molecule has 0 aromatic heterocycles. The van der Waals surface area contributed by atoms with Crippen molar-refractivity contribution in [2.75, 3.05) is 52.4 Å². The molecule has 0 aliphatic rings. The Morgan fingerprint density at radius 2 is 0.350 bits per heavy atom. The molecule has 0 aromatic rings. The molecular weight excluding hydrogens is 484 g/mol. The molecule has 0 heterocycles. The van der Waals surface area contributed by atoms with E-state index in [1.54, 1.807) is 0 Å². The van der Waals surface area contributed by atoms with Crippen molar-refractivity contribution in [3.63, 3.8) is 0 Å². The Bertz CT molecular complexity index is 410. The highest BCUT2D eigenvalue weighted by Crippen LogP contribution is 2.18. The van der Waals surface area contributed by atoms with Gasteiger partial charge in [-0.15, -0.1) is 0 Å². The Morgan fingerprint density at radius 1 is 0.200 bits per heavy atom. The first-order valence-corrected chi connectivity index (χ1v) is 19.3. The number of nitrogens with zero attached hydrogens (tertiary/aromatic N) is 2. The van der Waals surface area contributed by atoms with Crippen molar-refractivity contribution in [1.82, 2.24) is 0 Å². The maximum Gasteiger partial charge on any atom is 0.0786 e. The van der Waals surface area contributed by atoms with Gasteiger partial charge in [0, 0.05) is 0 Å². The molecule has 0 aliphatic heterocycles. The summed E-state index contributed by atoms with van der Waals surface area (Å²) in [6, 6.07) is 0. The molecule has 0 saturated heterocycles. The number of rotatable bonds is 33. The first kappa shape index (κ1) is 39.9. The average Bonchev–Trinajstić information content (AvgIpc) is 2.93. The first-order chi connectivity index (χ1) is 19.6. The number of unbranched alkanes of at least 4 members (excludes halogenated alkanes) is 17. The lowest BCUT2D eigenvalue weighted by Crippen LogP contribution is -2.50. The molecule has 40 heavy (non-hydrogen) atoms. The molecule has 0 unspecified atom stereocenters. The summed E-state index contributed by atoms with van der Waals surface area (Å²) in [6.45, 7) is 25.5. The lowest BCUT2D eigenvalue weighted by atomic mass is 10.0. The third kappa shape index (κ3) is 21.6. The van der Waals surface area contributed by atoms with E-state index in [-0.39, 0.29) is 0 Å². The minimum atomic E-state index is 1.35. The summed E-state index contributed by atoms with van der Waals surface area (Å²) in [5.74, 6) is 0. The lowest BCUT2D eigenvalue weighted by Gasteiger charge is -2.38. The zero-order valence-corrected chi connectivity index (χ0v) is 29.5. The predicted octanol–water partition coefficient (Wildman–Crippen LogP) is 12.1. The highest BCUT2D eigenvalue weighted by atomic mass is 15.3. The van der Waals surface area contributed by atoms with Gasteiger partial charge in [-0.1, -0.05) is 131 Å². The smallest absolute Gasteiger partial charge is 0.0786 e. The molecule has 242 valence electrons. The molecule has 2 nitrogen and oxygen atoms in total. The maximum absolute atomic E-state index is 2.37. The third-order valence-electron chi connectivity index (χ3n) is 9.70. The average molecular weight is 567 g/mol. The van der Waals surface area contributed by atoms with Gasteiger partial charge in [-0.25, -0.2) is 0 Å². The van der Waals surface area contributed by atoms with E-state index in [9.17, 15) is 0 Å². The van der Waals surface area contributed by atoms with Gasteiger partial charge in [0.2, 0.25) is 0 Å². The highest BCUT2D eigenvalue weighted by Gasteiger charge is 2.24. The Kier molecular flexibility index (Phi) is 29.0. The molecule has 0 bridgehead atoms. The van der Waals surface area contributed by atoms with Crippen LogP contribution < -0.4 is 0 Å². The van der Waals surface area contributed by atoms with Gasteiger partial charge in [0.15, 0.2) is 0 Å². The molecule has 0 fully saturated rings. The van der Waals surface area contributed by atoms with E-state index in [0.29, 0.717) is 0 Å². The van der Waals surface area contributed by atoms with Crippen LogP contribution in [0, 0.1) is 0 Å². The summed E-state index contributed by atoms with van der Waals surface area (Å²) >= 11 is 0. The fraction of sp³-hybridized carbons (Fsp3) is 1.00. The van der Waals surface area contributed by atoms with E-state index in [1.165, 1.54) is 215 Å². The summed E-state index contributed by atoms with van der Waals surface area (Å²) in [6.07, 6.45) is 34.7. The van der Waals surface area contributed by atoms with Crippen molar-refractivity contribution in [2.24, 2.45) is 0 Å². The largest absolute Gasteiger partial charge is 0.324 e. The van der Waals surface area contributed by atoms with E-state index in [0.717, 1.165) is 0 Å². The molecule has 0 aromatic carbocycles. The topological polar surface area (TPSA) is 0 Å². The first-order valence-electron chi connectivity index (χ1n) is 19.3. The summed E-state index contributed by atoms with van der Waals surface area (Å²) in [4.78, 5) is 0. The van der Waals surface area contributed by atoms with Gasteiger partial charge in [0.05, 0.1) is 52.4 Å². The molecule has 0 radical (unpaired) electrons. The molecule has 2 heteroatoms. The van der Waals surface area contributed by atoms with Gasteiger partial charge < -0.3 is 8.97 Å². The third-order valence-corrected chi connectivity index (χ3v) is 9.70. The second-order valence-corrected chi connectivity index (χ2v) is 13.8. The van der Waals surface area contributed by atoms with Crippen molar-refractivity contribution >= 4 is 0 Å². The van der Waals surface area contributed by atoms with Crippen molar-refractivity contribution in [3.8, 4) is 0 Å². The van der Waals surface area contributed by atoms with Crippen molar-refractivity contribution in [1.29, 1.82) is 0 Å². The van der Waals surface area contributed by atoms with Gasteiger partial charge in [0.25, 0.3) is 0 Å². The van der Waals surface area contributed by atoms with E-state index < -0.39 is 0 Å². The molecular formula is C38H82N2+2. The minimum Gasteiger partial charge on any atom is -0.324 e. The van der Waals surface area contributed by atoms with Crippen LogP contribution in [0.2, 0.25) is 0 Å².